The standard InChI is InChI=1S/C19H21N5O5S/c1-5-29-17(27)11-6-8-12(9-7-11)20-13(25)10-30-18-21-14-15(22(18)2)23(3)19(28)24(4)16(14)26/h6-9,14H,5,10H2,1-4H3/p+1. The number of rotatable bonds is 5. The van der Waals surface area contributed by atoms with E-state index in [0.29, 0.717) is 28.9 Å². The van der Waals surface area contributed by atoms with Crippen molar-refractivity contribution in [3.05, 3.63) is 29.8 Å². The highest BCUT2D eigenvalue weighted by Gasteiger charge is 2.51. The van der Waals surface area contributed by atoms with Gasteiger partial charge in [0.25, 0.3) is 23.0 Å². The Morgan fingerprint density at radius 2 is 1.87 bits per heavy atom. The Morgan fingerprint density at radius 1 is 1.20 bits per heavy atom. The number of hydrogen-bond acceptors (Lipinski definition) is 7. The molecule has 1 unspecified atom stereocenters. The molecule has 0 radical (unpaired) electrons. The number of hydrogen-bond donors (Lipinski definition) is 1. The van der Waals surface area contributed by atoms with E-state index in [9.17, 15) is 19.2 Å². The fourth-order valence-electron chi connectivity index (χ4n) is 3.08. The normalized spacial score (nSPS) is 18.4. The lowest BCUT2D eigenvalue weighted by molar-refractivity contribution is -0.367. The number of likely N-dealkylation sites (N-methyl/N-ethyl adjacent to an activating group) is 2. The van der Waals surface area contributed by atoms with Crippen molar-refractivity contribution < 1.29 is 28.5 Å². The molecule has 2 heterocycles. The van der Waals surface area contributed by atoms with Gasteiger partial charge in [-0.25, -0.2) is 19.1 Å². The summed E-state index contributed by atoms with van der Waals surface area (Å²) in [5.74, 6) is -0.560. The van der Waals surface area contributed by atoms with E-state index >= 15 is 0 Å². The first-order valence-electron chi connectivity index (χ1n) is 9.18. The number of urea groups is 1. The molecule has 2 aliphatic rings. The molecule has 1 saturated heterocycles. The molecule has 1 atom stereocenters. The minimum atomic E-state index is -0.788. The Hall–Kier alpha value is -3.21. The number of ether oxygens (including phenoxy) is 1. The first-order valence-corrected chi connectivity index (χ1v) is 10.2. The maximum absolute atomic E-state index is 12.4. The van der Waals surface area contributed by atoms with Gasteiger partial charge in [-0.05, 0) is 43.0 Å². The molecule has 2 aliphatic heterocycles. The molecule has 158 valence electrons. The molecular weight excluding hydrogens is 410 g/mol. The third kappa shape index (κ3) is 4.06. The first kappa shape index (κ1) is 21.5. The second-order valence-corrected chi connectivity index (χ2v) is 7.55. The molecule has 1 N–H and O–H groups in total. The predicted octanol–water partition coefficient (Wildman–Crippen LogP) is 0.838. The maximum Gasteiger partial charge on any atom is 0.388 e. The molecule has 0 saturated carbocycles. The van der Waals surface area contributed by atoms with Crippen molar-refractivity contribution in [2.24, 2.45) is 4.99 Å². The number of carbonyl (C=O) groups is 4. The van der Waals surface area contributed by atoms with Crippen LogP contribution in [0, 0.1) is 0 Å². The number of thioether (sulfide) groups is 1. The van der Waals surface area contributed by atoms with Crippen molar-refractivity contribution in [1.29, 1.82) is 0 Å². The van der Waals surface area contributed by atoms with Crippen LogP contribution in [0.2, 0.25) is 0 Å². The van der Waals surface area contributed by atoms with Crippen LogP contribution in [0.25, 0.3) is 0 Å². The van der Waals surface area contributed by atoms with Gasteiger partial charge in [0, 0.05) is 12.7 Å². The van der Waals surface area contributed by atoms with Gasteiger partial charge in [-0.1, -0.05) is 0 Å². The monoisotopic (exact) mass is 432 g/mol. The van der Waals surface area contributed by atoms with E-state index in [4.69, 9.17) is 4.74 Å². The average molecular weight is 432 g/mol. The second-order valence-electron chi connectivity index (χ2n) is 6.60. The topological polar surface area (TPSA) is 111 Å². The van der Waals surface area contributed by atoms with E-state index < -0.39 is 23.9 Å². The van der Waals surface area contributed by atoms with Gasteiger partial charge in [-0.2, -0.15) is 0 Å². The van der Waals surface area contributed by atoms with Crippen molar-refractivity contribution in [3.8, 4) is 0 Å². The number of nitrogens with zero attached hydrogens (tertiary/aromatic N) is 4. The molecule has 1 fully saturated rings. The Labute approximate surface area is 177 Å². The van der Waals surface area contributed by atoms with Gasteiger partial charge < -0.3 is 10.1 Å². The van der Waals surface area contributed by atoms with Crippen molar-refractivity contribution in [2.75, 3.05) is 38.8 Å². The first-order chi connectivity index (χ1) is 14.2. The number of anilines is 1. The predicted molar refractivity (Wildman–Crippen MR) is 112 cm³/mol. The lowest BCUT2D eigenvalue weighted by Gasteiger charge is -2.27. The van der Waals surface area contributed by atoms with E-state index in [2.05, 4.69) is 10.3 Å². The lowest BCUT2D eigenvalue weighted by Crippen LogP contribution is -2.59. The molecule has 10 nitrogen and oxygen atoms in total. The Kier molecular flexibility index (Phi) is 6.20. The van der Waals surface area contributed by atoms with E-state index in [1.54, 1.807) is 49.9 Å². The van der Waals surface area contributed by atoms with Crippen molar-refractivity contribution in [3.63, 3.8) is 0 Å². The van der Waals surface area contributed by atoms with Gasteiger partial charge in [0.1, 0.15) is 0 Å². The summed E-state index contributed by atoms with van der Waals surface area (Å²) >= 11 is 1.17. The summed E-state index contributed by atoms with van der Waals surface area (Å²) in [5, 5.41) is 3.22. The smallest absolute Gasteiger partial charge is 0.388 e. The summed E-state index contributed by atoms with van der Waals surface area (Å²) < 4.78 is 6.57. The van der Waals surface area contributed by atoms with Crippen molar-refractivity contribution in [1.82, 2.24) is 9.80 Å². The highest BCUT2D eigenvalue weighted by Crippen LogP contribution is 2.22. The zero-order chi connectivity index (χ0) is 22.0. The highest BCUT2D eigenvalue weighted by atomic mass is 32.2. The highest BCUT2D eigenvalue weighted by molar-refractivity contribution is 8.14. The quantitative estimate of drug-likeness (QED) is 0.545. The van der Waals surface area contributed by atoms with Gasteiger partial charge in [0.05, 0.1) is 32.0 Å². The molecule has 3 rings (SSSR count). The Balaban J connectivity index is 1.61. The van der Waals surface area contributed by atoms with Gasteiger partial charge >= 0.3 is 12.0 Å². The summed E-state index contributed by atoms with van der Waals surface area (Å²) in [5.41, 5.74) is 0.944. The van der Waals surface area contributed by atoms with Crippen LogP contribution < -0.4 is 5.32 Å². The van der Waals surface area contributed by atoms with Crippen LogP contribution >= 0.6 is 11.8 Å². The van der Waals surface area contributed by atoms with Crippen LogP contribution in [0.1, 0.15) is 17.3 Å². The summed E-state index contributed by atoms with van der Waals surface area (Å²) in [6.45, 7) is 2.02. The van der Waals surface area contributed by atoms with E-state index in [0.717, 1.165) is 4.90 Å². The molecule has 4 amide bonds. The Morgan fingerprint density at radius 3 is 2.50 bits per heavy atom. The number of fused-ring (bicyclic) bond motifs is 1. The largest absolute Gasteiger partial charge is 0.462 e. The van der Waals surface area contributed by atoms with Crippen LogP contribution in [-0.4, -0.2) is 88.7 Å². The van der Waals surface area contributed by atoms with Crippen molar-refractivity contribution in [2.45, 2.75) is 13.0 Å². The number of nitrogens with one attached hydrogen (secondary N) is 1. The van der Waals surface area contributed by atoms with Crippen LogP contribution in [0.4, 0.5) is 10.5 Å². The minimum Gasteiger partial charge on any atom is -0.462 e. The number of carbonyl (C=O) groups excluding carboxylic acids is 4. The number of esters is 1. The molecule has 0 aliphatic carbocycles. The molecular formula is C19H22N5O5S+. The lowest BCUT2D eigenvalue weighted by atomic mass is 10.2. The summed E-state index contributed by atoms with van der Waals surface area (Å²) in [4.78, 5) is 55.3. The molecule has 0 bridgehead atoms. The van der Waals surface area contributed by atoms with Gasteiger partial charge in [-0.15, -0.1) is 4.99 Å². The second kappa shape index (κ2) is 8.66. The number of amidine groups is 2. The molecule has 0 aromatic heterocycles. The third-order valence-corrected chi connectivity index (χ3v) is 5.65. The van der Waals surface area contributed by atoms with Gasteiger partial charge in [0.2, 0.25) is 5.91 Å². The van der Waals surface area contributed by atoms with Gasteiger partial charge in [0.15, 0.2) is 0 Å². The van der Waals surface area contributed by atoms with E-state index in [-0.39, 0.29) is 11.7 Å². The third-order valence-electron chi connectivity index (χ3n) is 4.61. The number of imide groups is 1. The van der Waals surface area contributed by atoms with Crippen LogP contribution in [0.15, 0.2) is 29.3 Å². The zero-order valence-electron chi connectivity index (χ0n) is 17.0. The van der Waals surface area contributed by atoms with Crippen molar-refractivity contribution >= 4 is 52.3 Å². The summed E-state index contributed by atoms with van der Waals surface area (Å²) in [6.07, 6.45) is 0. The fraction of sp³-hybridized carbons (Fsp3) is 0.368. The van der Waals surface area contributed by atoms with E-state index in [1.165, 1.54) is 23.7 Å². The van der Waals surface area contributed by atoms with Gasteiger partial charge in [-0.3, -0.25) is 14.5 Å². The SMILES string of the molecule is CCOC(=O)c1ccc(NC(=O)CSC2=NC3C(=O)N(C)C(=O)N(C)C3=[N+]2C)cc1. The van der Waals surface area contributed by atoms with Crippen LogP contribution in [0.3, 0.4) is 0 Å². The molecule has 30 heavy (non-hydrogen) atoms. The number of benzene rings is 1. The summed E-state index contributed by atoms with van der Waals surface area (Å²) in [7, 11) is 4.70. The summed E-state index contributed by atoms with van der Waals surface area (Å²) in [6, 6.07) is 5.17. The minimum absolute atomic E-state index is 0.0600. The molecule has 1 aromatic carbocycles. The van der Waals surface area contributed by atoms with Crippen LogP contribution in [-0.2, 0) is 14.3 Å². The zero-order valence-corrected chi connectivity index (χ0v) is 17.9. The Bertz CT molecular complexity index is 972. The maximum atomic E-state index is 12.4. The fourth-order valence-corrected chi connectivity index (χ4v) is 3.88. The van der Waals surface area contributed by atoms with E-state index in [1.807, 2.05) is 0 Å². The number of aliphatic imine (C=N–C) groups is 1. The molecule has 11 heteroatoms. The van der Waals surface area contributed by atoms with Crippen LogP contribution in [0.5, 0.6) is 0 Å². The number of amides is 4. The molecule has 1 aromatic rings. The average Bonchev–Trinajstić information content (AvgIpc) is 3.06. The molecule has 0 spiro atoms.